The fraction of sp³-hybridized carbons (Fsp3) is 0.786. The first-order chi connectivity index (χ1) is 9.65. The number of hydrogen-bond acceptors (Lipinski definition) is 5. The normalized spacial score (nSPS) is 14.1. The topological polar surface area (TPSA) is 72.9 Å². The highest BCUT2D eigenvalue weighted by molar-refractivity contribution is 6.01. The molecule has 2 amide bonds. The Bertz CT molecular complexity index is 301. The predicted molar refractivity (Wildman–Crippen MR) is 73.5 cm³/mol. The standard InChI is InChI=1S/C12H19NO5.C2H6/c1-2-3-4-8-17-9-7-12(16)18-13-10(14)5-6-11(13)15;1-2/h2-9H2,1H3;1-2H3. The monoisotopic (exact) mass is 287 g/mol. The zero-order valence-corrected chi connectivity index (χ0v) is 12.6. The molecule has 0 saturated carbocycles. The number of carbonyl (C=O) groups is 3. The van der Waals surface area contributed by atoms with Gasteiger partial charge in [-0.25, -0.2) is 4.79 Å². The molecule has 0 aromatic rings. The predicted octanol–water partition coefficient (Wildman–Crippen LogP) is 2.22. The molecule has 0 radical (unpaired) electrons. The van der Waals surface area contributed by atoms with Crippen LogP contribution in [0.2, 0.25) is 0 Å². The second-order valence-corrected chi connectivity index (χ2v) is 4.11. The lowest BCUT2D eigenvalue weighted by molar-refractivity contribution is -0.198. The van der Waals surface area contributed by atoms with E-state index in [-0.39, 0.29) is 25.9 Å². The minimum Gasteiger partial charge on any atom is -0.381 e. The van der Waals surface area contributed by atoms with Crippen LogP contribution >= 0.6 is 0 Å². The molecule has 0 N–H and O–H groups in total. The van der Waals surface area contributed by atoms with Crippen molar-refractivity contribution in [2.24, 2.45) is 0 Å². The van der Waals surface area contributed by atoms with Gasteiger partial charge in [0.05, 0.1) is 13.0 Å². The molecular formula is C14H25NO5. The molecule has 6 nitrogen and oxygen atoms in total. The van der Waals surface area contributed by atoms with Crippen molar-refractivity contribution in [1.29, 1.82) is 0 Å². The lowest BCUT2D eigenvalue weighted by Crippen LogP contribution is -2.32. The van der Waals surface area contributed by atoms with Crippen molar-refractivity contribution >= 4 is 17.8 Å². The van der Waals surface area contributed by atoms with Crippen molar-refractivity contribution in [1.82, 2.24) is 5.06 Å². The first kappa shape index (κ1) is 18.6. The van der Waals surface area contributed by atoms with Crippen LogP contribution in [0, 0.1) is 0 Å². The minimum absolute atomic E-state index is 0.0448. The van der Waals surface area contributed by atoms with Crippen LogP contribution in [0.15, 0.2) is 0 Å². The van der Waals surface area contributed by atoms with Crippen molar-refractivity contribution in [2.75, 3.05) is 13.2 Å². The molecule has 0 bridgehead atoms. The lowest BCUT2D eigenvalue weighted by atomic mass is 10.3. The van der Waals surface area contributed by atoms with Gasteiger partial charge in [-0.2, -0.15) is 0 Å². The molecule has 0 spiro atoms. The van der Waals surface area contributed by atoms with E-state index >= 15 is 0 Å². The van der Waals surface area contributed by atoms with Crippen LogP contribution in [0.3, 0.4) is 0 Å². The van der Waals surface area contributed by atoms with Crippen molar-refractivity contribution < 1.29 is 24.0 Å². The average Bonchev–Trinajstić information content (AvgIpc) is 2.77. The molecule has 1 aliphatic heterocycles. The van der Waals surface area contributed by atoms with Crippen LogP contribution in [-0.2, 0) is 24.0 Å². The number of hydroxylamine groups is 2. The van der Waals surface area contributed by atoms with Crippen molar-refractivity contribution in [3.63, 3.8) is 0 Å². The number of nitrogens with zero attached hydrogens (tertiary/aromatic N) is 1. The first-order valence-electron chi connectivity index (χ1n) is 7.29. The molecule has 0 aromatic carbocycles. The molecule has 0 aromatic heterocycles. The van der Waals surface area contributed by atoms with E-state index in [2.05, 4.69) is 11.8 Å². The number of hydrogen-bond donors (Lipinski definition) is 0. The van der Waals surface area contributed by atoms with Crippen LogP contribution in [-0.4, -0.2) is 36.1 Å². The molecule has 1 fully saturated rings. The molecular weight excluding hydrogens is 262 g/mol. The Hall–Kier alpha value is -1.43. The third-order valence-corrected chi connectivity index (χ3v) is 2.54. The summed E-state index contributed by atoms with van der Waals surface area (Å²) in [7, 11) is 0. The number of rotatable bonds is 8. The van der Waals surface area contributed by atoms with Crippen molar-refractivity contribution in [2.45, 2.75) is 59.3 Å². The maximum Gasteiger partial charge on any atom is 0.335 e. The number of unbranched alkanes of at least 4 members (excludes halogenated alkanes) is 2. The van der Waals surface area contributed by atoms with E-state index < -0.39 is 17.8 Å². The molecule has 0 atom stereocenters. The Labute approximate surface area is 120 Å². The first-order valence-corrected chi connectivity index (χ1v) is 7.29. The van der Waals surface area contributed by atoms with Gasteiger partial charge in [0, 0.05) is 19.4 Å². The quantitative estimate of drug-likeness (QED) is 0.505. The second kappa shape index (κ2) is 11.4. The van der Waals surface area contributed by atoms with Gasteiger partial charge in [-0.1, -0.05) is 33.6 Å². The molecule has 1 saturated heterocycles. The fourth-order valence-corrected chi connectivity index (χ4v) is 1.52. The summed E-state index contributed by atoms with van der Waals surface area (Å²) in [5.74, 6) is -1.54. The summed E-state index contributed by atoms with van der Waals surface area (Å²) in [6.45, 7) is 6.96. The number of carbonyl (C=O) groups excluding carboxylic acids is 3. The Morgan fingerprint density at radius 3 is 2.25 bits per heavy atom. The Morgan fingerprint density at radius 1 is 1.10 bits per heavy atom. The smallest absolute Gasteiger partial charge is 0.335 e. The third-order valence-electron chi connectivity index (χ3n) is 2.54. The summed E-state index contributed by atoms with van der Waals surface area (Å²) < 4.78 is 5.24. The molecule has 0 aliphatic carbocycles. The average molecular weight is 287 g/mol. The Balaban J connectivity index is 0.00000172. The fourth-order valence-electron chi connectivity index (χ4n) is 1.52. The van der Waals surface area contributed by atoms with Gasteiger partial charge < -0.3 is 9.57 Å². The Kier molecular flexibility index (Phi) is 10.6. The highest BCUT2D eigenvalue weighted by Crippen LogP contribution is 2.12. The summed E-state index contributed by atoms with van der Waals surface area (Å²) >= 11 is 0. The van der Waals surface area contributed by atoms with Crippen LogP contribution in [0.5, 0.6) is 0 Å². The van der Waals surface area contributed by atoms with Crippen LogP contribution < -0.4 is 0 Å². The van der Waals surface area contributed by atoms with E-state index in [4.69, 9.17) is 4.74 Å². The van der Waals surface area contributed by atoms with Crippen LogP contribution in [0.1, 0.15) is 59.3 Å². The summed E-state index contributed by atoms with van der Waals surface area (Å²) in [6.07, 6.45) is 3.45. The number of amides is 2. The third kappa shape index (κ3) is 7.23. The molecule has 1 rings (SSSR count). The maximum absolute atomic E-state index is 11.3. The Morgan fingerprint density at radius 2 is 1.70 bits per heavy atom. The second-order valence-electron chi connectivity index (χ2n) is 4.11. The lowest BCUT2D eigenvalue weighted by Gasteiger charge is -2.12. The van der Waals surface area contributed by atoms with Gasteiger partial charge >= 0.3 is 5.97 Å². The number of ether oxygens (including phenoxy) is 1. The van der Waals surface area contributed by atoms with Gasteiger partial charge in [-0.3, -0.25) is 9.59 Å². The van der Waals surface area contributed by atoms with E-state index in [9.17, 15) is 14.4 Å². The molecule has 20 heavy (non-hydrogen) atoms. The van der Waals surface area contributed by atoms with E-state index in [1.165, 1.54) is 0 Å². The zero-order valence-electron chi connectivity index (χ0n) is 12.6. The van der Waals surface area contributed by atoms with Crippen LogP contribution in [0.25, 0.3) is 0 Å². The summed E-state index contributed by atoms with van der Waals surface area (Å²) in [4.78, 5) is 38.3. The molecule has 6 heteroatoms. The van der Waals surface area contributed by atoms with E-state index in [0.717, 1.165) is 19.3 Å². The maximum atomic E-state index is 11.3. The zero-order chi connectivity index (χ0) is 15.4. The van der Waals surface area contributed by atoms with Gasteiger partial charge in [-0.15, -0.1) is 5.06 Å². The summed E-state index contributed by atoms with van der Waals surface area (Å²) in [6, 6.07) is 0. The number of imide groups is 1. The van der Waals surface area contributed by atoms with Crippen molar-refractivity contribution in [3.05, 3.63) is 0 Å². The molecule has 1 heterocycles. The van der Waals surface area contributed by atoms with E-state index in [1.807, 2.05) is 13.8 Å². The van der Waals surface area contributed by atoms with E-state index in [0.29, 0.717) is 11.7 Å². The SMILES string of the molecule is CC.CCCCCOCCC(=O)ON1C(=O)CCC1=O. The van der Waals surface area contributed by atoms with Gasteiger partial charge in [0.25, 0.3) is 11.8 Å². The van der Waals surface area contributed by atoms with Gasteiger partial charge in [0.15, 0.2) is 0 Å². The molecule has 116 valence electrons. The minimum atomic E-state index is -0.617. The van der Waals surface area contributed by atoms with Crippen molar-refractivity contribution in [3.8, 4) is 0 Å². The molecule has 0 unspecified atom stereocenters. The van der Waals surface area contributed by atoms with Crippen LogP contribution in [0.4, 0.5) is 0 Å². The highest BCUT2D eigenvalue weighted by Gasteiger charge is 2.32. The van der Waals surface area contributed by atoms with Gasteiger partial charge in [0.1, 0.15) is 0 Å². The highest BCUT2D eigenvalue weighted by atomic mass is 16.7. The van der Waals surface area contributed by atoms with Gasteiger partial charge in [-0.05, 0) is 6.42 Å². The summed E-state index contributed by atoms with van der Waals surface area (Å²) in [5.41, 5.74) is 0. The largest absolute Gasteiger partial charge is 0.381 e. The summed E-state index contributed by atoms with van der Waals surface area (Å²) in [5, 5.41) is 0.555. The van der Waals surface area contributed by atoms with Gasteiger partial charge in [0.2, 0.25) is 0 Å². The van der Waals surface area contributed by atoms with E-state index in [1.54, 1.807) is 0 Å². The molecule has 1 aliphatic rings.